The fraction of sp³-hybridized carbons (Fsp3) is 0.222. The molecule has 0 aliphatic carbocycles. The van der Waals surface area contributed by atoms with Gasteiger partial charge >= 0.3 is 0 Å². The van der Waals surface area contributed by atoms with Gasteiger partial charge in [0.25, 0.3) is 11.8 Å². The summed E-state index contributed by atoms with van der Waals surface area (Å²) in [4.78, 5) is 33.0. The van der Waals surface area contributed by atoms with Crippen molar-refractivity contribution in [2.24, 2.45) is 0 Å². The second kappa shape index (κ2) is 13.0. The molecule has 1 aliphatic heterocycles. The number of carbonyl (C=O) groups excluding carboxylic acids is 2. The zero-order valence-corrected chi connectivity index (χ0v) is 28.3. The summed E-state index contributed by atoms with van der Waals surface area (Å²) in [6, 6.07) is 22.9. The number of ether oxygens (including phenoxy) is 1. The molecule has 1 saturated heterocycles. The smallest absolute Gasteiger partial charge is 0.261 e. The first-order chi connectivity index (χ1) is 23.3. The SMILES string of the molecule is COc1ccc(Br)cc1C1CCCN1C(=O)c1ccc(Cn2cc(-c3ccc(NC(=O)c4cnn5c(C)cc(C)nc45)cc3)nn2)cc1. The number of hydrogen-bond acceptors (Lipinski definition) is 7. The van der Waals surface area contributed by atoms with E-state index < -0.39 is 0 Å². The quantitative estimate of drug-likeness (QED) is 0.188. The van der Waals surface area contributed by atoms with E-state index in [1.807, 2.05) is 97.7 Å². The Labute approximate surface area is 285 Å². The van der Waals surface area contributed by atoms with Crippen LogP contribution in [0.4, 0.5) is 5.69 Å². The van der Waals surface area contributed by atoms with Crippen LogP contribution >= 0.6 is 15.9 Å². The number of likely N-dealkylation sites (tertiary alicyclic amines) is 1. The zero-order chi connectivity index (χ0) is 33.4. The summed E-state index contributed by atoms with van der Waals surface area (Å²) in [6.45, 7) is 5.03. The van der Waals surface area contributed by atoms with Gasteiger partial charge in [0.05, 0.1) is 32.1 Å². The fourth-order valence-electron chi connectivity index (χ4n) is 6.27. The van der Waals surface area contributed by atoms with E-state index in [4.69, 9.17) is 4.74 Å². The Morgan fingerprint density at radius 1 is 1.02 bits per heavy atom. The third-order valence-electron chi connectivity index (χ3n) is 8.61. The summed E-state index contributed by atoms with van der Waals surface area (Å²) in [5.41, 5.74) is 7.55. The van der Waals surface area contributed by atoms with Crippen LogP contribution < -0.4 is 10.1 Å². The molecule has 11 nitrogen and oxygen atoms in total. The molecule has 1 fully saturated rings. The number of nitrogens with one attached hydrogen (secondary N) is 1. The Bertz CT molecular complexity index is 2140. The first-order valence-electron chi connectivity index (χ1n) is 15.6. The number of carbonyl (C=O) groups is 2. The number of amides is 2. The van der Waals surface area contributed by atoms with E-state index in [0.29, 0.717) is 41.2 Å². The Kier molecular flexibility index (Phi) is 8.49. The molecule has 0 saturated carbocycles. The largest absolute Gasteiger partial charge is 0.496 e. The molecule has 12 heteroatoms. The van der Waals surface area contributed by atoms with Gasteiger partial charge in [-0.05, 0) is 80.8 Å². The van der Waals surface area contributed by atoms with Crippen molar-refractivity contribution in [1.29, 1.82) is 0 Å². The molecule has 3 aromatic carbocycles. The molecule has 48 heavy (non-hydrogen) atoms. The topological polar surface area (TPSA) is 120 Å². The maximum Gasteiger partial charge on any atom is 0.261 e. The van der Waals surface area contributed by atoms with E-state index in [-0.39, 0.29) is 17.9 Å². The molecule has 0 bridgehead atoms. The monoisotopic (exact) mass is 704 g/mol. The van der Waals surface area contributed by atoms with Crippen LogP contribution in [0.15, 0.2) is 89.7 Å². The normalized spacial score (nSPS) is 14.4. The second-order valence-electron chi connectivity index (χ2n) is 11.9. The first-order valence-corrected chi connectivity index (χ1v) is 16.4. The number of methoxy groups -OCH3 is 1. The highest BCUT2D eigenvalue weighted by molar-refractivity contribution is 9.10. The van der Waals surface area contributed by atoms with Gasteiger partial charge in [0.2, 0.25) is 0 Å². The van der Waals surface area contributed by atoms with Crippen LogP contribution in [0, 0.1) is 13.8 Å². The van der Waals surface area contributed by atoms with Gasteiger partial charge in [0.1, 0.15) is 17.0 Å². The van der Waals surface area contributed by atoms with Crippen molar-refractivity contribution in [3.63, 3.8) is 0 Å². The zero-order valence-electron chi connectivity index (χ0n) is 26.7. The standard InChI is InChI=1S/C36H33BrN8O3/c1-22-17-23(2)45-34(39-22)30(19-38-45)35(46)40-28-13-10-25(11-14-28)31-21-43(42-41-31)20-24-6-8-26(9-7-24)36(47)44-16-4-5-32(44)29-18-27(37)12-15-33(29)48-3/h6-15,17-19,21,32H,4-5,16,20H2,1-3H3,(H,40,46). The van der Waals surface area contributed by atoms with Crippen molar-refractivity contribution < 1.29 is 14.3 Å². The van der Waals surface area contributed by atoms with E-state index >= 15 is 0 Å². The molecule has 0 spiro atoms. The summed E-state index contributed by atoms with van der Waals surface area (Å²) in [6.07, 6.45) is 5.25. The van der Waals surface area contributed by atoms with Crippen LogP contribution in [0.1, 0.15) is 62.1 Å². The maximum atomic E-state index is 13.6. The van der Waals surface area contributed by atoms with Gasteiger partial charge < -0.3 is 15.0 Å². The lowest BCUT2D eigenvalue weighted by Crippen LogP contribution is -2.30. The van der Waals surface area contributed by atoms with Crippen LogP contribution in [-0.4, -0.2) is 60.0 Å². The maximum absolute atomic E-state index is 13.6. The summed E-state index contributed by atoms with van der Waals surface area (Å²) < 4.78 is 9.99. The number of aryl methyl sites for hydroxylation is 2. The number of aromatic nitrogens is 6. The van der Waals surface area contributed by atoms with Gasteiger partial charge in [-0.1, -0.05) is 45.4 Å². The van der Waals surface area contributed by atoms with Gasteiger partial charge in [-0.3, -0.25) is 9.59 Å². The molecular formula is C36H33BrN8O3. The van der Waals surface area contributed by atoms with Crippen LogP contribution in [-0.2, 0) is 6.54 Å². The lowest BCUT2D eigenvalue weighted by molar-refractivity contribution is 0.0734. The highest BCUT2D eigenvalue weighted by Crippen LogP contribution is 2.39. The molecule has 6 aromatic rings. The van der Waals surface area contributed by atoms with Crippen LogP contribution in [0.5, 0.6) is 5.75 Å². The molecule has 242 valence electrons. The molecule has 2 amide bonds. The second-order valence-corrected chi connectivity index (χ2v) is 12.8. The average molecular weight is 706 g/mol. The highest BCUT2D eigenvalue weighted by Gasteiger charge is 2.32. The molecule has 1 unspecified atom stereocenters. The molecule has 1 atom stereocenters. The van der Waals surface area contributed by atoms with Crippen molar-refractivity contribution >= 4 is 39.1 Å². The minimum absolute atomic E-state index is 0.00860. The molecule has 4 heterocycles. The van der Waals surface area contributed by atoms with E-state index in [0.717, 1.165) is 51.1 Å². The van der Waals surface area contributed by atoms with Gasteiger partial charge in [0, 0.05) is 44.8 Å². The van der Waals surface area contributed by atoms with Gasteiger partial charge in [-0.15, -0.1) is 5.10 Å². The average Bonchev–Trinajstić information content (AvgIpc) is 3.86. The fourth-order valence-corrected chi connectivity index (χ4v) is 6.64. The van der Waals surface area contributed by atoms with E-state index in [9.17, 15) is 9.59 Å². The third kappa shape index (κ3) is 6.18. The molecule has 0 radical (unpaired) electrons. The lowest BCUT2D eigenvalue weighted by atomic mass is 10.0. The van der Waals surface area contributed by atoms with Crippen LogP contribution in [0.25, 0.3) is 16.9 Å². The molecule has 1 N–H and O–H groups in total. The van der Waals surface area contributed by atoms with Crippen molar-refractivity contribution in [3.05, 3.63) is 123 Å². The number of hydrogen-bond donors (Lipinski definition) is 1. The first kappa shape index (κ1) is 31.3. The molecule has 1 aliphatic rings. The third-order valence-corrected chi connectivity index (χ3v) is 9.10. The van der Waals surface area contributed by atoms with E-state index in [2.05, 4.69) is 41.6 Å². The molecule has 7 rings (SSSR count). The van der Waals surface area contributed by atoms with Crippen molar-refractivity contribution in [1.82, 2.24) is 34.5 Å². The predicted octanol–water partition coefficient (Wildman–Crippen LogP) is 6.65. The summed E-state index contributed by atoms with van der Waals surface area (Å²) >= 11 is 3.56. The lowest BCUT2D eigenvalue weighted by Gasteiger charge is -2.26. The van der Waals surface area contributed by atoms with Crippen LogP contribution in [0.2, 0.25) is 0 Å². The van der Waals surface area contributed by atoms with Gasteiger partial charge in [-0.2, -0.15) is 5.10 Å². The highest BCUT2D eigenvalue weighted by atomic mass is 79.9. The number of nitrogens with zero attached hydrogens (tertiary/aromatic N) is 7. The Balaban J connectivity index is 0.990. The summed E-state index contributed by atoms with van der Waals surface area (Å²) in [5, 5.41) is 15.9. The number of benzene rings is 3. The van der Waals surface area contributed by atoms with E-state index in [1.54, 1.807) is 16.3 Å². The van der Waals surface area contributed by atoms with Gasteiger partial charge in [0.15, 0.2) is 5.65 Å². The Morgan fingerprint density at radius 2 is 1.81 bits per heavy atom. The summed E-state index contributed by atoms with van der Waals surface area (Å²) in [7, 11) is 1.66. The van der Waals surface area contributed by atoms with Crippen LogP contribution in [0.3, 0.4) is 0 Å². The number of halogens is 1. The Morgan fingerprint density at radius 3 is 2.58 bits per heavy atom. The summed E-state index contributed by atoms with van der Waals surface area (Å²) in [5.74, 6) is 0.517. The number of rotatable bonds is 8. The minimum Gasteiger partial charge on any atom is -0.496 e. The predicted molar refractivity (Wildman–Crippen MR) is 185 cm³/mol. The number of anilines is 1. The van der Waals surface area contributed by atoms with Gasteiger partial charge in [-0.25, -0.2) is 14.2 Å². The van der Waals surface area contributed by atoms with Crippen molar-refractivity contribution in [2.45, 2.75) is 39.3 Å². The molecule has 3 aromatic heterocycles. The van der Waals surface area contributed by atoms with E-state index in [1.165, 1.54) is 6.20 Å². The number of fused-ring (bicyclic) bond motifs is 1. The van der Waals surface area contributed by atoms with Crippen molar-refractivity contribution in [3.8, 4) is 17.0 Å². The Hall–Kier alpha value is -5.36. The minimum atomic E-state index is -0.279. The molecular weight excluding hydrogens is 672 g/mol. The van der Waals surface area contributed by atoms with Crippen molar-refractivity contribution in [2.75, 3.05) is 19.0 Å².